The second-order valence-electron chi connectivity index (χ2n) is 3.81. The van der Waals surface area contributed by atoms with Crippen molar-refractivity contribution in [1.29, 1.82) is 0 Å². The van der Waals surface area contributed by atoms with Crippen molar-refractivity contribution in [2.75, 3.05) is 6.54 Å². The molecule has 82 valence electrons. The molecule has 0 radical (unpaired) electrons. The highest BCUT2D eigenvalue weighted by atomic mass is 35.5. The second-order valence-corrected chi connectivity index (χ2v) is 4.25. The fourth-order valence-electron chi connectivity index (χ4n) is 1.94. The molecule has 2 N–H and O–H groups in total. The van der Waals surface area contributed by atoms with Crippen LogP contribution in [0.15, 0.2) is 18.2 Å². The van der Waals surface area contributed by atoms with Crippen molar-refractivity contribution in [3.05, 3.63) is 34.6 Å². The lowest BCUT2D eigenvalue weighted by molar-refractivity contribution is 0.133. The van der Waals surface area contributed by atoms with Crippen LogP contribution in [-0.2, 0) is 0 Å². The third-order valence-electron chi connectivity index (χ3n) is 2.76. The first kappa shape index (κ1) is 10.9. The van der Waals surface area contributed by atoms with Gasteiger partial charge in [-0.3, -0.25) is 0 Å². The van der Waals surface area contributed by atoms with Gasteiger partial charge in [-0.1, -0.05) is 17.7 Å². The molecule has 1 fully saturated rings. The molecular weight excluding hydrogens is 217 g/mol. The molecule has 1 aromatic rings. The Morgan fingerprint density at radius 2 is 2.33 bits per heavy atom. The Morgan fingerprint density at radius 3 is 2.93 bits per heavy atom. The van der Waals surface area contributed by atoms with Gasteiger partial charge in [-0.2, -0.15) is 0 Å². The molecule has 15 heavy (non-hydrogen) atoms. The van der Waals surface area contributed by atoms with Crippen LogP contribution in [0, 0.1) is 5.82 Å². The smallest absolute Gasteiger partial charge is 0.130 e. The van der Waals surface area contributed by atoms with E-state index in [2.05, 4.69) is 5.32 Å². The zero-order valence-corrected chi connectivity index (χ0v) is 8.97. The van der Waals surface area contributed by atoms with Gasteiger partial charge in [0, 0.05) is 16.6 Å². The number of hydrogen-bond donors (Lipinski definition) is 2. The molecule has 0 bridgehead atoms. The summed E-state index contributed by atoms with van der Waals surface area (Å²) in [4.78, 5) is 0. The standard InChI is InChI=1S/C11H13ClFNO/c12-7-3-4-8(9(13)6-7)11(15)10-2-1-5-14-10/h3-4,6,10-11,14-15H,1-2,5H2. The second kappa shape index (κ2) is 4.47. The van der Waals surface area contributed by atoms with Crippen molar-refractivity contribution in [2.24, 2.45) is 0 Å². The van der Waals surface area contributed by atoms with Gasteiger partial charge < -0.3 is 10.4 Å². The minimum absolute atomic E-state index is 0.0410. The number of hydrogen-bond acceptors (Lipinski definition) is 2. The Balaban J connectivity index is 2.20. The predicted octanol–water partition coefficient (Wildman–Crippen LogP) is 2.26. The maximum absolute atomic E-state index is 13.5. The van der Waals surface area contributed by atoms with E-state index in [9.17, 15) is 9.50 Å². The molecule has 2 unspecified atom stereocenters. The van der Waals surface area contributed by atoms with Gasteiger partial charge in [0.1, 0.15) is 5.82 Å². The van der Waals surface area contributed by atoms with Gasteiger partial charge in [-0.05, 0) is 31.5 Å². The number of aliphatic hydroxyl groups is 1. The molecular formula is C11H13ClFNO. The topological polar surface area (TPSA) is 32.3 Å². The van der Waals surface area contributed by atoms with E-state index in [1.807, 2.05) is 0 Å². The SMILES string of the molecule is OC(c1ccc(Cl)cc1F)C1CCCN1. The van der Waals surface area contributed by atoms with Crippen molar-refractivity contribution in [3.8, 4) is 0 Å². The highest BCUT2D eigenvalue weighted by Crippen LogP contribution is 2.26. The lowest BCUT2D eigenvalue weighted by atomic mass is 10.0. The Bertz CT molecular complexity index is 352. The number of aliphatic hydroxyl groups excluding tert-OH is 1. The van der Waals surface area contributed by atoms with Gasteiger partial charge >= 0.3 is 0 Å². The minimum atomic E-state index is -0.787. The summed E-state index contributed by atoms with van der Waals surface area (Å²) >= 11 is 5.64. The first-order valence-corrected chi connectivity index (χ1v) is 5.42. The average Bonchev–Trinajstić information content (AvgIpc) is 2.69. The molecule has 2 atom stereocenters. The summed E-state index contributed by atoms with van der Waals surface area (Å²) in [5.74, 6) is -0.441. The number of rotatable bonds is 2. The van der Waals surface area contributed by atoms with Crippen LogP contribution in [0.4, 0.5) is 4.39 Å². The van der Waals surface area contributed by atoms with E-state index in [4.69, 9.17) is 11.6 Å². The number of nitrogens with one attached hydrogen (secondary N) is 1. The Labute approximate surface area is 93.1 Å². The summed E-state index contributed by atoms with van der Waals surface area (Å²) in [7, 11) is 0. The first-order valence-electron chi connectivity index (χ1n) is 5.05. The summed E-state index contributed by atoms with van der Waals surface area (Å²) in [6, 6.07) is 4.33. The number of benzene rings is 1. The van der Waals surface area contributed by atoms with Gasteiger partial charge in [0.15, 0.2) is 0 Å². The Hall–Kier alpha value is -0.640. The van der Waals surface area contributed by atoms with E-state index in [0.717, 1.165) is 19.4 Å². The van der Waals surface area contributed by atoms with Crippen LogP contribution in [0.3, 0.4) is 0 Å². The zero-order valence-electron chi connectivity index (χ0n) is 8.21. The van der Waals surface area contributed by atoms with Crippen molar-refractivity contribution < 1.29 is 9.50 Å². The van der Waals surface area contributed by atoms with Crippen molar-refractivity contribution in [1.82, 2.24) is 5.32 Å². The molecule has 1 heterocycles. The minimum Gasteiger partial charge on any atom is -0.387 e. The lowest BCUT2D eigenvalue weighted by Crippen LogP contribution is -2.29. The van der Waals surface area contributed by atoms with E-state index < -0.39 is 11.9 Å². The third-order valence-corrected chi connectivity index (χ3v) is 3.00. The van der Waals surface area contributed by atoms with E-state index >= 15 is 0 Å². The molecule has 0 amide bonds. The highest BCUT2D eigenvalue weighted by Gasteiger charge is 2.25. The van der Waals surface area contributed by atoms with Crippen LogP contribution in [0.2, 0.25) is 5.02 Å². The first-order chi connectivity index (χ1) is 7.18. The van der Waals surface area contributed by atoms with E-state index in [1.54, 1.807) is 12.1 Å². The third kappa shape index (κ3) is 2.30. The van der Waals surface area contributed by atoms with Crippen molar-refractivity contribution in [2.45, 2.75) is 25.0 Å². The summed E-state index contributed by atoms with van der Waals surface area (Å²) in [6.45, 7) is 0.886. The molecule has 4 heteroatoms. The van der Waals surface area contributed by atoms with Gasteiger partial charge in [-0.25, -0.2) is 4.39 Å². The normalized spacial score (nSPS) is 23.0. The molecule has 0 aliphatic carbocycles. The van der Waals surface area contributed by atoms with Crippen molar-refractivity contribution >= 4 is 11.6 Å². The fourth-order valence-corrected chi connectivity index (χ4v) is 2.10. The van der Waals surface area contributed by atoms with E-state index in [0.29, 0.717) is 10.6 Å². The van der Waals surface area contributed by atoms with Gasteiger partial charge in [-0.15, -0.1) is 0 Å². The summed E-state index contributed by atoms with van der Waals surface area (Å²) in [5.41, 5.74) is 0.318. The molecule has 2 nitrogen and oxygen atoms in total. The summed E-state index contributed by atoms with van der Waals surface area (Å²) < 4.78 is 13.5. The van der Waals surface area contributed by atoms with Crippen LogP contribution in [-0.4, -0.2) is 17.7 Å². The molecule has 0 spiro atoms. The molecule has 1 saturated heterocycles. The molecule has 1 aliphatic heterocycles. The molecule has 0 saturated carbocycles. The Morgan fingerprint density at radius 1 is 1.53 bits per heavy atom. The molecule has 2 rings (SSSR count). The molecule has 0 aromatic heterocycles. The van der Waals surface area contributed by atoms with Gasteiger partial charge in [0.2, 0.25) is 0 Å². The van der Waals surface area contributed by atoms with Crippen LogP contribution in [0.25, 0.3) is 0 Å². The zero-order chi connectivity index (χ0) is 10.8. The molecule has 1 aliphatic rings. The predicted molar refractivity (Wildman–Crippen MR) is 57.4 cm³/mol. The van der Waals surface area contributed by atoms with E-state index in [1.165, 1.54) is 6.07 Å². The Kier molecular flexibility index (Phi) is 3.24. The summed E-state index contributed by atoms with van der Waals surface area (Å²) in [5, 5.41) is 13.4. The van der Waals surface area contributed by atoms with Crippen molar-refractivity contribution in [3.63, 3.8) is 0 Å². The highest BCUT2D eigenvalue weighted by molar-refractivity contribution is 6.30. The quantitative estimate of drug-likeness (QED) is 0.816. The van der Waals surface area contributed by atoms with Crippen LogP contribution in [0.5, 0.6) is 0 Å². The van der Waals surface area contributed by atoms with Crippen LogP contribution < -0.4 is 5.32 Å². The largest absolute Gasteiger partial charge is 0.387 e. The van der Waals surface area contributed by atoms with Gasteiger partial charge in [0.25, 0.3) is 0 Å². The van der Waals surface area contributed by atoms with Crippen LogP contribution >= 0.6 is 11.6 Å². The maximum atomic E-state index is 13.5. The van der Waals surface area contributed by atoms with E-state index in [-0.39, 0.29) is 6.04 Å². The summed E-state index contributed by atoms with van der Waals surface area (Å²) in [6.07, 6.45) is 1.12. The van der Waals surface area contributed by atoms with Gasteiger partial charge in [0.05, 0.1) is 6.10 Å². The maximum Gasteiger partial charge on any atom is 0.130 e. The fraction of sp³-hybridized carbons (Fsp3) is 0.455. The average molecular weight is 230 g/mol. The van der Waals surface area contributed by atoms with Crippen LogP contribution in [0.1, 0.15) is 24.5 Å². The lowest BCUT2D eigenvalue weighted by Gasteiger charge is -2.19. The molecule has 1 aromatic carbocycles. The monoisotopic (exact) mass is 229 g/mol. The number of halogens is 2.